The Balaban J connectivity index is 1.70. The molecule has 7 atom stereocenters. The van der Waals surface area contributed by atoms with Crippen LogP contribution in [0.25, 0.3) is 0 Å². The van der Waals surface area contributed by atoms with E-state index < -0.39 is 0 Å². The highest BCUT2D eigenvalue weighted by atomic mass is 16.1. The van der Waals surface area contributed by atoms with E-state index in [9.17, 15) is 4.79 Å². The van der Waals surface area contributed by atoms with E-state index in [-0.39, 0.29) is 5.41 Å². The highest BCUT2D eigenvalue weighted by molar-refractivity contribution is 5.89. The molecule has 0 aromatic heterocycles. The van der Waals surface area contributed by atoms with Crippen LogP contribution in [0.2, 0.25) is 0 Å². The highest BCUT2D eigenvalue weighted by Gasteiger charge is 2.60. The fourth-order valence-corrected chi connectivity index (χ4v) is 6.93. The molecule has 21 heavy (non-hydrogen) atoms. The van der Waals surface area contributed by atoms with Gasteiger partial charge in [-0.15, -0.1) is 0 Å². The van der Waals surface area contributed by atoms with Crippen molar-refractivity contribution in [2.45, 2.75) is 65.7 Å². The first-order valence-corrected chi connectivity index (χ1v) is 9.19. The molecule has 0 aliphatic heterocycles. The number of hydrogen-bond acceptors (Lipinski definition) is 1. The fourth-order valence-electron chi connectivity index (χ4n) is 6.93. The maximum absolute atomic E-state index is 12.7. The second kappa shape index (κ2) is 4.46. The molecule has 0 spiro atoms. The Morgan fingerprint density at radius 3 is 2.71 bits per heavy atom. The molecule has 0 aromatic rings. The van der Waals surface area contributed by atoms with Crippen molar-refractivity contribution in [1.29, 1.82) is 0 Å². The van der Waals surface area contributed by atoms with Gasteiger partial charge in [0.05, 0.1) is 0 Å². The summed E-state index contributed by atoms with van der Waals surface area (Å²) in [6.07, 6.45) is 14.1. The average molecular weight is 286 g/mol. The maximum atomic E-state index is 12.7. The molecule has 1 nitrogen and oxygen atoms in total. The van der Waals surface area contributed by atoms with Crippen LogP contribution in [0.3, 0.4) is 0 Å². The fraction of sp³-hybridized carbons (Fsp3) is 0.850. The zero-order valence-electron chi connectivity index (χ0n) is 13.9. The summed E-state index contributed by atoms with van der Waals surface area (Å²) in [5.41, 5.74) is 0.444. The van der Waals surface area contributed by atoms with Gasteiger partial charge in [-0.1, -0.05) is 32.9 Å². The average Bonchev–Trinajstić information content (AvgIpc) is 2.70. The van der Waals surface area contributed by atoms with Gasteiger partial charge in [0.2, 0.25) is 0 Å². The highest BCUT2D eigenvalue weighted by Crippen LogP contribution is 2.65. The normalized spacial score (nSPS) is 55.8. The summed E-state index contributed by atoms with van der Waals surface area (Å²) in [5, 5.41) is 0. The lowest BCUT2D eigenvalue weighted by molar-refractivity contribution is -0.136. The summed E-state index contributed by atoms with van der Waals surface area (Å²) in [6.45, 7) is 7.01. The molecule has 116 valence electrons. The van der Waals surface area contributed by atoms with E-state index in [4.69, 9.17) is 0 Å². The van der Waals surface area contributed by atoms with Crippen LogP contribution in [0.1, 0.15) is 65.7 Å². The van der Waals surface area contributed by atoms with Gasteiger partial charge >= 0.3 is 0 Å². The Morgan fingerprint density at radius 2 is 1.90 bits per heavy atom. The van der Waals surface area contributed by atoms with Gasteiger partial charge in [0.25, 0.3) is 0 Å². The molecule has 0 amide bonds. The van der Waals surface area contributed by atoms with E-state index in [0.29, 0.717) is 23.0 Å². The minimum absolute atomic E-state index is 0.0160. The Labute approximate surface area is 129 Å². The van der Waals surface area contributed by atoms with E-state index >= 15 is 0 Å². The summed E-state index contributed by atoms with van der Waals surface area (Å²) in [4.78, 5) is 12.7. The zero-order chi connectivity index (χ0) is 14.8. The molecule has 0 heterocycles. The van der Waals surface area contributed by atoms with Crippen LogP contribution in [0.15, 0.2) is 12.2 Å². The van der Waals surface area contributed by atoms with E-state index in [2.05, 4.69) is 32.9 Å². The Bertz CT molecular complexity index is 492. The third-order valence-electron chi connectivity index (χ3n) is 8.13. The molecule has 0 radical (unpaired) electrons. The molecule has 0 saturated heterocycles. The minimum Gasteiger partial charge on any atom is -0.299 e. The summed E-state index contributed by atoms with van der Waals surface area (Å²) < 4.78 is 0. The largest absolute Gasteiger partial charge is 0.299 e. The molecule has 3 fully saturated rings. The number of allylic oxidation sites excluding steroid dienone is 2. The molecule has 4 rings (SSSR count). The third-order valence-corrected chi connectivity index (χ3v) is 8.13. The van der Waals surface area contributed by atoms with Crippen LogP contribution >= 0.6 is 0 Å². The number of hydrogen-bond donors (Lipinski definition) is 0. The SMILES string of the molecule is C[C@@H]1C[C@H]2[C@@H]3CC[C@H]4CCC=C[C@]4(C)[C@H]3CC[C@]2(C)C1=O. The summed E-state index contributed by atoms with van der Waals surface area (Å²) in [5.74, 6) is 4.11. The Hall–Kier alpha value is -0.590. The number of fused-ring (bicyclic) bond motifs is 5. The number of carbonyl (C=O) groups excluding carboxylic acids is 1. The lowest BCUT2D eigenvalue weighted by atomic mass is 9.46. The van der Waals surface area contributed by atoms with Crippen LogP contribution < -0.4 is 0 Å². The first kappa shape index (κ1) is 14.0. The summed E-state index contributed by atoms with van der Waals surface area (Å²) in [7, 11) is 0. The quantitative estimate of drug-likeness (QED) is 0.572. The lowest BCUT2D eigenvalue weighted by Gasteiger charge is -2.58. The monoisotopic (exact) mass is 286 g/mol. The summed E-state index contributed by atoms with van der Waals surface area (Å²) >= 11 is 0. The molecular formula is C20H30O. The Morgan fingerprint density at radius 1 is 1.10 bits per heavy atom. The van der Waals surface area contributed by atoms with Gasteiger partial charge < -0.3 is 0 Å². The number of carbonyl (C=O) groups is 1. The second-order valence-corrected chi connectivity index (χ2v) is 8.95. The molecule has 4 aliphatic carbocycles. The van der Waals surface area contributed by atoms with Crippen LogP contribution in [-0.2, 0) is 4.79 Å². The van der Waals surface area contributed by atoms with Crippen molar-refractivity contribution in [3.05, 3.63) is 12.2 Å². The van der Waals surface area contributed by atoms with Crippen molar-refractivity contribution in [2.24, 2.45) is 40.4 Å². The van der Waals surface area contributed by atoms with E-state index in [1.54, 1.807) is 0 Å². The second-order valence-electron chi connectivity index (χ2n) is 8.95. The van der Waals surface area contributed by atoms with Crippen molar-refractivity contribution in [1.82, 2.24) is 0 Å². The third kappa shape index (κ3) is 1.72. The first-order chi connectivity index (χ1) is 9.97. The van der Waals surface area contributed by atoms with E-state index in [1.165, 1.54) is 38.5 Å². The van der Waals surface area contributed by atoms with Gasteiger partial charge in [0, 0.05) is 11.3 Å². The van der Waals surface area contributed by atoms with Gasteiger partial charge in [0.1, 0.15) is 5.78 Å². The van der Waals surface area contributed by atoms with Crippen molar-refractivity contribution < 1.29 is 4.79 Å². The Kier molecular flexibility index (Phi) is 2.98. The van der Waals surface area contributed by atoms with Crippen LogP contribution in [0.4, 0.5) is 0 Å². The molecule has 4 aliphatic rings. The molecule has 0 unspecified atom stereocenters. The van der Waals surface area contributed by atoms with Gasteiger partial charge in [-0.3, -0.25) is 4.79 Å². The van der Waals surface area contributed by atoms with Gasteiger partial charge in [0.15, 0.2) is 0 Å². The van der Waals surface area contributed by atoms with Crippen molar-refractivity contribution in [3.8, 4) is 0 Å². The first-order valence-electron chi connectivity index (χ1n) is 9.19. The van der Waals surface area contributed by atoms with Crippen molar-refractivity contribution in [3.63, 3.8) is 0 Å². The standard InChI is InChI=1S/C20H30O/c1-13-12-17-15-8-7-14-6-4-5-10-19(14,2)16(15)9-11-20(17,3)18(13)21/h5,10,13-17H,4,6-9,11-12H2,1-3H3/t13-,14-,15-,16+,17+,19+,20+/m1/s1. The topological polar surface area (TPSA) is 17.1 Å². The van der Waals surface area contributed by atoms with E-state index in [1.807, 2.05) is 0 Å². The van der Waals surface area contributed by atoms with E-state index in [0.717, 1.165) is 24.2 Å². The summed E-state index contributed by atoms with van der Waals surface area (Å²) in [6, 6.07) is 0. The predicted molar refractivity (Wildman–Crippen MR) is 85.8 cm³/mol. The smallest absolute Gasteiger partial charge is 0.141 e. The zero-order valence-corrected chi connectivity index (χ0v) is 13.9. The van der Waals surface area contributed by atoms with Gasteiger partial charge in [-0.05, 0) is 74.0 Å². The molecule has 0 bridgehead atoms. The molecule has 0 N–H and O–H groups in total. The number of Topliss-reactive ketones (excluding diaryl/α,β-unsaturated/α-hetero) is 1. The number of rotatable bonds is 0. The molecule has 0 aromatic carbocycles. The maximum Gasteiger partial charge on any atom is 0.141 e. The minimum atomic E-state index is 0.0160. The molecular weight excluding hydrogens is 256 g/mol. The van der Waals surface area contributed by atoms with Crippen LogP contribution in [0.5, 0.6) is 0 Å². The van der Waals surface area contributed by atoms with Gasteiger partial charge in [-0.25, -0.2) is 0 Å². The van der Waals surface area contributed by atoms with Crippen LogP contribution in [-0.4, -0.2) is 5.78 Å². The molecule has 3 saturated carbocycles. The predicted octanol–water partition coefficient (Wildman–Crippen LogP) is 5.01. The van der Waals surface area contributed by atoms with Gasteiger partial charge in [-0.2, -0.15) is 0 Å². The van der Waals surface area contributed by atoms with Crippen molar-refractivity contribution >= 4 is 5.78 Å². The van der Waals surface area contributed by atoms with Crippen molar-refractivity contribution in [2.75, 3.05) is 0 Å². The molecule has 1 heteroatoms. The number of ketones is 1. The van der Waals surface area contributed by atoms with Crippen LogP contribution in [0, 0.1) is 40.4 Å². The lowest BCUT2D eigenvalue weighted by Crippen LogP contribution is -2.51.